The summed E-state index contributed by atoms with van der Waals surface area (Å²) in [5.41, 5.74) is 2.98. The van der Waals surface area contributed by atoms with E-state index >= 15 is 0 Å². The number of thiazole rings is 1. The van der Waals surface area contributed by atoms with E-state index in [9.17, 15) is 9.59 Å². The van der Waals surface area contributed by atoms with Gasteiger partial charge in [-0.2, -0.15) is 0 Å². The second-order valence-electron chi connectivity index (χ2n) is 7.36. The van der Waals surface area contributed by atoms with Crippen molar-refractivity contribution in [1.29, 1.82) is 0 Å². The van der Waals surface area contributed by atoms with Gasteiger partial charge in [-0.05, 0) is 41.8 Å². The highest BCUT2D eigenvalue weighted by molar-refractivity contribution is 7.14. The van der Waals surface area contributed by atoms with Crippen LogP contribution in [0, 0.1) is 5.92 Å². The molecule has 2 N–H and O–H groups in total. The van der Waals surface area contributed by atoms with E-state index in [0.29, 0.717) is 16.4 Å². The number of carbonyl (C=O) groups is 2. The summed E-state index contributed by atoms with van der Waals surface area (Å²) in [5.74, 6) is -0.117. The standard InChI is InChI=1S/C24H19N3O2S/c28-22(16-11-12-16)25-18-8-3-7-17(13-18)23(29)27-24-26-21(14-30-24)20-10-4-6-15-5-1-2-9-19(15)20/h1-10,13-14,16H,11-12H2,(H,25,28)(H,26,27,29). The highest BCUT2D eigenvalue weighted by atomic mass is 32.1. The molecule has 1 aromatic heterocycles. The molecule has 2 amide bonds. The van der Waals surface area contributed by atoms with Gasteiger partial charge in [-0.3, -0.25) is 14.9 Å². The maximum Gasteiger partial charge on any atom is 0.257 e. The molecule has 0 unspecified atom stereocenters. The Morgan fingerprint density at radius 3 is 2.60 bits per heavy atom. The lowest BCUT2D eigenvalue weighted by molar-refractivity contribution is -0.117. The lowest BCUT2D eigenvalue weighted by Crippen LogP contribution is -2.15. The Balaban J connectivity index is 1.34. The zero-order chi connectivity index (χ0) is 20.5. The minimum atomic E-state index is -0.253. The number of nitrogens with zero attached hydrogens (tertiary/aromatic N) is 1. The van der Waals surface area contributed by atoms with Crippen molar-refractivity contribution in [2.45, 2.75) is 12.8 Å². The third kappa shape index (κ3) is 3.82. The van der Waals surface area contributed by atoms with E-state index in [1.165, 1.54) is 11.3 Å². The smallest absolute Gasteiger partial charge is 0.257 e. The Bertz CT molecular complexity index is 1250. The van der Waals surface area contributed by atoms with Gasteiger partial charge in [0.25, 0.3) is 5.91 Å². The van der Waals surface area contributed by atoms with Crippen molar-refractivity contribution in [2.75, 3.05) is 10.6 Å². The molecule has 5 rings (SSSR count). The molecular formula is C24H19N3O2S. The summed E-state index contributed by atoms with van der Waals surface area (Å²) in [5, 5.41) is 10.5. The molecule has 0 saturated heterocycles. The highest BCUT2D eigenvalue weighted by Gasteiger charge is 2.29. The maximum absolute atomic E-state index is 12.7. The molecule has 1 aliphatic rings. The Morgan fingerprint density at radius 1 is 0.933 bits per heavy atom. The van der Waals surface area contributed by atoms with Crippen molar-refractivity contribution >= 4 is 44.7 Å². The van der Waals surface area contributed by atoms with Gasteiger partial charge < -0.3 is 5.32 Å². The normalized spacial score (nSPS) is 13.2. The summed E-state index contributed by atoms with van der Waals surface area (Å²) >= 11 is 1.39. The number of anilines is 2. The minimum Gasteiger partial charge on any atom is -0.326 e. The minimum absolute atomic E-state index is 0.0206. The molecule has 1 heterocycles. The van der Waals surface area contributed by atoms with E-state index in [4.69, 9.17) is 0 Å². The zero-order valence-electron chi connectivity index (χ0n) is 16.1. The van der Waals surface area contributed by atoms with Gasteiger partial charge in [0, 0.05) is 28.1 Å². The molecule has 1 saturated carbocycles. The molecule has 0 bridgehead atoms. The second kappa shape index (κ2) is 7.72. The van der Waals surface area contributed by atoms with Gasteiger partial charge in [-0.1, -0.05) is 48.5 Å². The van der Waals surface area contributed by atoms with Crippen LogP contribution >= 0.6 is 11.3 Å². The summed E-state index contributed by atoms with van der Waals surface area (Å²) < 4.78 is 0. The van der Waals surface area contributed by atoms with E-state index in [1.807, 2.05) is 29.6 Å². The van der Waals surface area contributed by atoms with Gasteiger partial charge in [0.05, 0.1) is 5.69 Å². The number of fused-ring (bicyclic) bond motifs is 1. The molecule has 1 fully saturated rings. The fourth-order valence-electron chi connectivity index (χ4n) is 3.40. The number of nitrogens with one attached hydrogen (secondary N) is 2. The molecule has 0 aliphatic heterocycles. The molecule has 5 nitrogen and oxygen atoms in total. The third-order valence-electron chi connectivity index (χ3n) is 5.13. The summed E-state index contributed by atoms with van der Waals surface area (Å²) in [6.45, 7) is 0. The lowest BCUT2D eigenvalue weighted by atomic mass is 10.0. The Hall–Kier alpha value is -3.51. The Kier molecular flexibility index (Phi) is 4.77. The maximum atomic E-state index is 12.7. The van der Waals surface area contributed by atoms with Crippen molar-refractivity contribution in [3.05, 3.63) is 77.7 Å². The molecule has 4 aromatic rings. The van der Waals surface area contributed by atoms with Crippen molar-refractivity contribution in [3.63, 3.8) is 0 Å². The molecule has 3 aromatic carbocycles. The average Bonchev–Trinajstić information content (AvgIpc) is 3.53. The number of hydrogen-bond donors (Lipinski definition) is 2. The van der Waals surface area contributed by atoms with Gasteiger partial charge in [-0.25, -0.2) is 4.98 Å². The van der Waals surface area contributed by atoms with E-state index in [1.54, 1.807) is 24.3 Å². The molecule has 0 spiro atoms. The van der Waals surface area contributed by atoms with E-state index < -0.39 is 0 Å². The first-order chi connectivity index (χ1) is 14.7. The number of rotatable bonds is 5. The molecule has 6 heteroatoms. The Morgan fingerprint density at radius 2 is 1.73 bits per heavy atom. The fourth-order valence-corrected chi connectivity index (χ4v) is 4.11. The summed E-state index contributed by atoms with van der Waals surface area (Å²) in [6, 6.07) is 21.3. The monoisotopic (exact) mass is 413 g/mol. The van der Waals surface area contributed by atoms with Crippen LogP contribution in [0.1, 0.15) is 23.2 Å². The van der Waals surface area contributed by atoms with Crippen LogP contribution in [0.2, 0.25) is 0 Å². The molecule has 0 atom stereocenters. The predicted octanol–water partition coefficient (Wildman–Crippen LogP) is 5.56. The quantitative estimate of drug-likeness (QED) is 0.450. The number of benzene rings is 3. The van der Waals surface area contributed by atoms with Crippen molar-refractivity contribution < 1.29 is 9.59 Å². The SMILES string of the molecule is O=C(Nc1nc(-c2cccc3ccccc23)cs1)c1cccc(NC(=O)C2CC2)c1. The molecular weight excluding hydrogens is 394 g/mol. The summed E-state index contributed by atoms with van der Waals surface area (Å²) in [7, 11) is 0. The van der Waals surface area contributed by atoms with Gasteiger partial charge in [0.2, 0.25) is 5.91 Å². The highest BCUT2D eigenvalue weighted by Crippen LogP contribution is 2.32. The van der Waals surface area contributed by atoms with E-state index in [-0.39, 0.29) is 17.7 Å². The van der Waals surface area contributed by atoms with Crippen LogP contribution < -0.4 is 10.6 Å². The number of amides is 2. The predicted molar refractivity (Wildman–Crippen MR) is 121 cm³/mol. The molecule has 30 heavy (non-hydrogen) atoms. The van der Waals surface area contributed by atoms with E-state index in [2.05, 4.69) is 33.8 Å². The van der Waals surface area contributed by atoms with Gasteiger partial charge in [0.1, 0.15) is 0 Å². The van der Waals surface area contributed by atoms with Gasteiger partial charge in [0.15, 0.2) is 5.13 Å². The van der Waals surface area contributed by atoms with Crippen LogP contribution in [-0.2, 0) is 4.79 Å². The number of hydrogen-bond acceptors (Lipinski definition) is 4. The lowest BCUT2D eigenvalue weighted by Gasteiger charge is -2.07. The fraction of sp³-hybridized carbons (Fsp3) is 0.125. The topological polar surface area (TPSA) is 71.1 Å². The molecule has 148 valence electrons. The van der Waals surface area contributed by atoms with E-state index in [0.717, 1.165) is 34.9 Å². The van der Waals surface area contributed by atoms with Crippen molar-refractivity contribution in [3.8, 4) is 11.3 Å². The van der Waals surface area contributed by atoms with Crippen LogP contribution in [0.25, 0.3) is 22.0 Å². The Labute approximate surface area is 177 Å². The number of aromatic nitrogens is 1. The zero-order valence-corrected chi connectivity index (χ0v) is 16.9. The van der Waals surface area contributed by atoms with Gasteiger partial charge >= 0.3 is 0 Å². The van der Waals surface area contributed by atoms with Gasteiger partial charge in [-0.15, -0.1) is 11.3 Å². The molecule has 1 aliphatic carbocycles. The van der Waals surface area contributed by atoms with Crippen LogP contribution in [-0.4, -0.2) is 16.8 Å². The second-order valence-corrected chi connectivity index (χ2v) is 8.22. The molecule has 0 radical (unpaired) electrons. The van der Waals surface area contributed by atoms with Crippen molar-refractivity contribution in [1.82, 2.24) is 4.98 Å². The largest absolute Gasteiger partial charge is 0.326 e. The summed E-state index contributed by atoms with van der Waals surface area (Å²) in [4.78, 5) is 29.3. The van der Waals surface area contributed by atoms with Crippen LogP contribution in [0.3, 0.4) is 0 Å². The van der Waals surface area contributed by atoms with Crippen molar-refractivity contribution in [2.24, 2.45) is 5.92 Å². The average molecular weight is 414 g/mol. The van der Waals surface area contributed by atoms with Crippen LogP contribution in [0.15, 0.2) is 72.1 Å². The van der Waals surface area contributed by atoms with Crippen LogP contribution in [0.5, 0.6) is 0 Å². The first kappa shape index (κ1) is 18.5. The summed E-state index contributed by atoms with van der Waals surface area (Å²) in [6.07, 6.45) is 1.88. The van der Waals surface area contributed by atoms with Crippen LogP contribution in [0.4, 0.5) is 10.8 Å². The first-order valence-corrected chi connectivity index (χ1v) is 10.7. The third-order valence-corrected chi connectivity index (χ3v) is 5.89. The number of carbonyl (C=O) groups excluding carboxylic acids is 2. The first-order valence-electron chi connectivity index (χ1n) is 9.83.